The fourth-order valence-corrected chi connectivity index (χ4v) is 4.75. The first-order valence-electron chi connectivity index (χ1n) is 11.0. The average Bonchev–Trinajstić information content (AvgIpc) is 3.26. The van der Waals surface area contributed by atoms with Crippen molar-refractivity contribution in [2.75, 3.05) is 32.1 Å². The fraction of sp³-hybridized carbons (Fsp3) is 0.360. The molecule has 1 fully saturated rings. The van der Waals surface area contributed by atoms with Crippen molar-refractivity contribution < 1.29 is 9.53 Å². The van der Waals surface area contributed by atoms with E-state index in [0.717, 1.165) is 49.3 Å². The minimum Gasteiger partial charge on any atom is -0.379 e. The molecule has 0 spiro atoms. The Labute approximate surface area is 194 Å². The highest BCUT2D eigenvalue weighted by molar-refractivity contribution is 7.99. The van der Waals surface area contributed by atoms with Crippen molar-refractivity contribution in [3.8, 4) is 5.69 Å². The molecule has 168 valence electrons. The molecule has 1 saturated heterocycles. The van der Waals surface area contributed by atoms with Crippen LogP contribution in [0.4, 0.5) is 0 Å². The van der Waals surface area contributed by atoms with Gasteiger partial charge in [-0.1, -0.05) is 42.1 Å². The maximum atomic E-state index is 12.6. The number of nitrogens with one attached hydrogen (secondary N) is 1. The standard InChI is InChI=1S/C25H30N4O2S/c1-19-13-20(2)15-23(14-19)29-8-7-26-25(29)32-18-24(30)27-16-21-5-3-4-6-22(21)17-28-9-11-31-12-10-28/h3-8,13-15H,9-12,16-18H2,1-2H3,(H,27,30). The molecule has 1 aliphatic rings. The molecule has 32 heavy (non-hydrogen) atoms. The van der Waals surface area contributed by atoms with Crippen LogP contribution in [-0.2, 0) is 22.6 Å². The number of carbonyl (C=O) groups is 1. The molecule has 0 aliphatic carbocycles. The van der Waals surface area contributed by atoms with E-state index >= 15 is 0 Å². The van der Waals surface area contributed by atoms with Gasteiger partial charge in [0, 0.05) is 44.3 Å². The summed E-state index contributed by atoms with van der Waals surface area (Å²) < 4.78 is 7.48. The molecule has 1 N–H and O–H groups in total. The van der Waals surface area contributed by atoms with E-state index in [4.69, 9.17) is 4.74 Å². The SMILES string of the molecule is Cc1cc(C)cc(-n2ccnc2SCC(=O)NCc2ccccc2CN2CCOCC2)c1. The molecule has 6 nitrogen and oxygen atoms in total. The second-order valence-electron chi connectivity index (χ2n) is 8.15. The van der Waals surface area contributed by atoms with Crippen LogP contribution in [-0.4, -0.2) is 52.4 Å². The molecular weight excluding hydrogens is 420 g/mol. The largest absolute Gasteiger partial charge is 0.379 e. The van der Waals surface area contributed by atoms with Gasteiger partial charge in [0.2, 0.25) is 5.91 Å². The predicted molar refractivity (Wildman–Crippen MR) is 128 cm³/mol. The van der Waals surface area contributed by atoms with E-state index in [1.807, 2.05) is 16.8 Å². The van der Waals surface area contributed by atoms with Crippen molar-refractivity contribution in [1.82, 2.24) is 19.8 Å². The van der Waals surface area contributed by atoms with Crippen LogP contribution in [0, 0.1) is 13.8 Å². The van der Waals surface area contributed by atoms with Crippen molar-refractivity contribution >= 4 is 17.7 Å². The van der Waals surface area contributed by atoms with Gasteiger partial charge in [0.05, 0.1) is 19.0 Å². The molecule has 2 heterocycles. The van der Waals surface area contributed by atoms with Crippen LogP contribution in [0.15, 0.2) is 60.0 Å². The number of aryl methyl sites for hydroxylation is 2. The molecular formula is C25H30N4O2S. The lowest BCUT2D eigenvalue weighted by Crippen LogP contribution is -2.36. The third-order valence-corrected chi connectivity index (χ3v) is 6.48. The highest BCUT2D eigenvalue weighted by atomic mass is 32.2. The van der Waals surface area contributed by atoms with Gasteiger partial charge in [0.25, 0.3) is 0 Å². The lowest BCUT2D eigenvalue weighted by atomic mass is 10.1. The van der Waals surface area contributed by atoms with Gasteiger partial charge in [-0.3, -0.25) is 14.3 Å². The van der Waals surface area contributed by atoms with Gasteiger partial charge in [0.1, 0.15) is 0 Å². The molecule has 4 rings (SSSR count). The average molecular weight is 451 g/mol. The predicted octanol–water partition coefficient (Wildman–Crippen LogP) is 3.73. The zero-order chi connectivity index (χ0) is 22.3. The Morgan fingerprint density at radius 3 is 2.56 bits per heavy atom. The third kappa shape index (κ3) is 6.00. The maximum Gasteiger partial charge on any atom is 0.230 e. The summed E-state index contributed by atoms with van der Waals surface area (Å²) in [5, 5.41) is 3.89. The van der Waals surface area contributed by atoms with E-state index in [9.17, 15) is 4.79 Å². The summed E-state index contributed by atoms with van der Waals surface area (Å²) in [6.07, 6.45) is 3.72. The van der Waals surface area contributed by atoms with Gasteiger partial charge in [0.15, 0.2) is 5.16 Å². The number of nitrogens with zero attached hydrogens (tertiary/aromatic N) is 3. The van der Waals surface area contributed by atoms with Crippen molar-refractivity contribution in [3.05, 3.63) is 77.1 Å². The number of carbonyl (C=O) groups excluding carboxylic acids is 1. The van der Waals surface area contributed by atoms with E-state index in [1.54, 1.807) is 6.20 Å². The molecule has 7 heteroatoms. The molecule has 1 aromatic heterocycles. The van der Waals surface area contributed by atoms with E-state index in [2.05, 4.69) is 65.4 Å². The Kier molecular flexibility index (Phi) is 7.63. The van der Waals surface area contributed by atoms with Crippen LogP contribution in [0.3, 0.4) is 0 Å². The van der Waals surface area contributed by atoms with Crippen LogP contribution in [0.5, 0.6) is 0 Å². The normalized spacial score (nSPS) is 14.4. The zero-order valence-corrected chi connectivity index (χ0v) is 19.5. The van der Waals surface area contributed by atoms with Crippen molar-refractivity contribution in [2.45, 2.75) is 32.1 Å². The van der Waals surface area contributed by atoms with Crippen LogP contribution in [0.25, 0.3) is 5.69 Å². The molecule has 0 atom stereocenters. The van der Waals surface area contributed by atoms with Gasteiger partial charge in [-0.15, -0.1) is 0 Å². The smallest absolute Gasteiger partial charge is 0.230 e. The fourth-order valence-electron chi connectivity index (χ4n) is 3.94. The van der Waals surface area contributed by atoms with Crippen LogP contribution >= 0.6 is 11.8 Å². The third-order valence-electron chi connectivity index (χ3n) is 5.52. The summed E-state index contributed by atoms with van der Waals surface area (Å²) in [7, 11) is 0. The van der Waals surface area contributed by atoms with Gasteiger partial charge in [-0.05, 0) is 48.2 Å². The summed E-state index contributed by atoms with van der Waals surface area (Å²) in [4.78, 5) is 19.4. The maximum absolute atomic E-state index is 12.6. The number of thioether (sulfide) groups is 1. The van der Waals surface area contributed by atoms with Gasteiger partial charge < -0.3 is 10.1 Å². The molecule has 1 amide bonds. The molecule has 0 bridgehead atoms. The van der Waals surface area contributed by atoms with E-state index < -0.39 is 0 Å². The summed E-state index contributed by atoms with van der Waals surface area (Å²) in [6.45, 7) is 9.06. The summed E-state index contributed by atoms with van der Waals surface area (Å²) in [6, 6.07) is 14.7. The summed E-state index contributed by atoms with van der Waals surface area (Å²) >= 11 is 1.45. The number of aromatic nitrogens is 2. The number of amides is 1. The van der Waals surface area contributed by atoms with Crippen LogP contribution < -0.4 is 5.32 Å². The van der Waals surface area contributed by atoms with Crippen LogP contribution in [0.2, 0.25) is 0 Å². The summed E-state index contributed by atoms with van der Waals surface area (Å²) in [5.41, 5.74) is 5.90. The Morgan fingerprint density at radius 1 is 1.09 bits per heavy atom. The number of rotatable bonds is 8. The molecule has 0 unspecified atom stereocenters. The van der Waals surface area contributed by atoms with Gasteiger partial charge in [-0.2, -0.15) is 0 Å². The number of hydrogen-bond donors (Lipinski definition) is 1. The number of benzene rings is 2. The van der Waals surface area contributed by atoms with Crippen LogP contribution in [0.1, 0.15) is 22.3 Å². The Balaban J connectivity index is 1.33. The zero-order valence-electron chi connectivity index (χ0n) is 18.7. The number of morpholine rings is 1. The van der Waals surface area contributed by atoms with Crippen molar-refractivity contribution in [2.24, 2.45) is 0 Å². The molecule has 2 aromatic carbocycles. The lowest BCUT2D eigenvalue weighted by molar-refractivity contribution is -0.118. The van der Waals surface area contributed by atoms with E-state index in [0.29, 0.717) is 12.3 Å². The monoisotopic (exact) mass is 450 g/mol. The van der Waals surface area contributed by atoms with Gasteiger partial charge in [-0.25, -0.2) is 4.98 Å². The van der Waals surface area contributed by atoms with Crippen molar-refractivity contribution in [3.63, 3.8) is 0 Å². The van der Waals surface area contributed by atoms with Crippen molar-refractivity contribution in [1.29, 1.82) is 0 Å². The second-order valence-corrected chi connectivity index (χ2v) is 9.09. The minimum atomic E-state index is 0.00569. The number of imidazole rings is 1. The first-order valence-corrected chi connectivity index (χ1v) is 12.0. The Morgan fingerprint density at radius 2 is 1.81 bits per heavy atom. The highest BCUT2D eigenvalue weighted by Gasteiger charge is 2.14. The second kappa shape index (κ2) is 10.8. The van der Waals surface area contributed by atoms with E-state index in [-0.39, 0.29) is 5.91 Å². The highest BCUT2D eigenvalue weighted by Crippen LogP contribution is 2.22. The summed E-state index contributed by atoms with van der Waals surface area (Å²) in [5.74, 6) is 0.333. The molecule has 3 aromatic rings. The molecule has 0 saturated carbocycles. The Hall–Kier alpha value is -2.61. The first kappa shape index (κ1) is 22.6. The van der Waals surface area contributed by atoms with Gasteiger partial charge >= 0.3 is 0 Å². The topological polar surface area (TPSA) is 59.4 Å². The first-order chi connectivity index (χ1) is 15.6. The lowest BCUT2D eigenvalue weighted by Gasteiger charge is -2.27. The number of hydrogen-bond acceptors (Lipinski definition) is 5. The Bertz CT molecular complexity index is 1040. The quantitative estimate of drug-likeness (QED) is 0.530. The number of ether oxygens (including phenoxy) is 1. The minimum absolute atomic E-state index is 0.00569. The molecule has 0 radical (unpaired) electrons. The molecule has 1 aliphatic heterocycles. The van der Waals surface area contributed by atoms with E-state index in [1.165, 1.54) is 28.5 Å².